The van der Waals surface area contributed by atoms with E-state index in [1.54, 1.807) is 6.07 Å². The van der Waals surface area contributed by atoms with Crippen molar-refractivity contribution < 1.29 is 14.8 Å². The van der Waals surface area contributed by atoms with Crippen molar-refractivity contribution in [3.8, 4) is 0 Å². The van der Waals surface area contributed by atoms with E-state index in [4.69, 9.17) is 10.8 Å². The molecule has 0 aliphatic carbocycles. The summed E-state index contributed by atoms with van der Waals surface area (Å²) in [5.41, 5.74) is 5.75. The number of carboxylic acid groups (broad SMARTS) is 1. The third-order valence-electron chi connectivity index (χ3n) is 1.93. The van der Waals surface area contributed by atoms with Crippen molar-refractivity contribution >= 4 is 27.6 Å². The molecule has 0 spiro atoms. The van der Waals surface area contributed by atoms with Gasteiger partial charge >= 0.3 is 5.97 Å². The Balaban J connectivity index is 2.97. The lowest BCUT2D eigenvalue weighted by molar-refractivity contribution is -0.385. The molecule has 7 heteroatoms. The van der Waals surface area contributed by atoms with Crippen LogP contribution in [-0.2, 0) is 11.2 Å². The van der Waals surface area contributed by atoms with E-state index in [-0.39, 0.29) is 12.1 Å². The van der Waals surface area contributed by atoms with Gasteiger partial charge in [-0.2, -0.15) is 0 Å². The van der Waals surface area contributed by atoms with Crippen LogP contribution < -0.4 is 5.73 Å². The van der Waals surface area contributed by atoms with Gasteiger partial charge in [0.2, 0.25) is 0 Å². The van der Waals surface area contributed by atoms with Crippen LogP contribution in [0.15, 0.2) is 22.7 Å². The van der Waals surface area contributed by atoms with E-state index in [1.807, 2.05) is 0 Å². The highest BCUT2D eigenvalue weighted by atomic mass is 79.9. The highest BCUT2D eigenvalue weighted by molar-refractivity contribution is 9.10. The number of hydrogen-bond donors (Lipinski definition) is 2. The lowest BCUT2D eigenvalue weighted by atomic mass is 10.1. The van der Waals surface area contributed by atoms with Crippen LogP contribution in [0.5, 0.6) is 0 Å². The minimum Gasteiger partial charge on any atom is -0.480 e. The Bertz CT molecular complexity index is 436. The normalized spacial score (nSPS) is 12.1. The summed E-state index contributed by atoms with van der Waals surface area (Å²) in [5, 5.41) is 19.2. The van der Waals surface area contributed by atoms with Crippen molar-refractivity contribution in [3.05, 3.63) is 38.3 Å². The van der Waals surface area contributed by atoms with Crippen molar-refractivity contribution in [1.82, 2.24) is 0 Å². The molecule has 0 radical (unpaired) electrons. The summed E-state index contributed by atoms with van der Waals surface area (Å²) in [6.45, 7) is 0. The van der Waals surface area contributed by atoms with Crippen molar-refractivity contribution in [2.75, 3.05) is 0 Å². The van der Waals surface area contributed by atoms with E-state index >= 15 is 0 Å². The molecule has 6 nitrogen and oxygen atoms in total. The largest absolute Gasteiger partial charge is 0.480 e. The third-order valence-corrected chi connectivity index (χ3v) is 2.38. The number of carboxylic acids is 1. The molecule has 16 heavy (non-hydrogen) atoms. The number of nitrogens with two attached hydrogens (primary N) is 1. The monoisotopic (exact) mass is 288 g/mol. The minimum atomic E-state index is -1.14. The minimum absolute atomic E-state index is 0.0512. The fourth-order valence-electron chi connectivity index (χ4n) is 1.20. The Morgan fingerprint density at radius 1 is 1.56 bits per heavy atom. The Hall–Kier alpha value is -1.47. The second kappa shape index (κ2) is 5.04. The first-order valence-corrected chi connectivity index (χ1v) is 5.11. The number of hydrogen-bond acceptors (Lipinski definition) is 4. The van der Waals surface area contributed by atoms with Gasteiger partial charge < -0.3 is 10.8 Å². The predicted molar refractivity (Wildman–Crippen MR) is 60.1 cm³/mol. The molecule has 1 aromatic carbocycles. The molecule has 0 aliphatic rings. The second-order valence-corrected chi connectivity index (χ2v) is 4.14. The number of aliphatic carboxylic acids is 1. The lowest BCUT2D eigenvalue weighted by Gasteiger charge is -2.06. The first-order valence-electron chi connectivity index (χ1n) is 4.32. The maximum Gasteiger partial charge on any atom is 0.320 e. The number of nitro benzene ring substituents is 1. The van der Waals surface area contributed by atoms with E-state index in [2.05, 4.69) is 15.9 Å². The highest BCUT2D eigenvalue weighted by Crippen LogP contribution is 2.22. The summed E-state index contributed by atoms with van der Waals surface area (Å²) >= 11 is 3.12. The van der Waals surface area contributed by atoms with Crippen LogP contribution in [0.25, 0.3) is 0 Å². The van der Waals surface area contributed by atoms with Gasteiger partial charge in [-0.05, 0) is 18.1 Å². The molecule has 1 unspecified atom stereocenters. The van der Waals surface area contributed by atoms with Crippen LogP contribution in [0, 0.1) is 10.1 Å². The number of benzene rings is 1. The van der Waals surface area contributed by atoms with Crippen molar-refractivity contribution in [1.29, 1.82) is 0 Å². The van der Waals surface area contributed by atoms with Crippen LogP contribution >= 0.6 is 15.9 Å². The predicted octanol–water partition coefficient (Wildman–Crippen LogP) is 1.31. The maximum absolute atomic E-state index is 10.6. The Morgan fingerprint density at radius 2 is 2.19 bits per heavy atom. The molecular formula is C9H9BrN2O4. The van der Waals surface area contributed by atoms with Crippen LogP contribution in [0.2, 0.25) is 0 Å². The molecule has 0 fully saturated rings. The van der Waals surface area contributed by atoms with Gasteiger partial charge in [0.25, 0.3) is 5.69 Å². The van der Waals surface area contributed by atoms with Crippen molar-refractivity contribution in [2.45, 2.75) is 12.5 Å². The molecule has 0 heterocycles. The third kappa shape index (κ3) is 3.28. The number of halogens is 1. The molecule has 0 saturated carbocycles. The molecule has 0 saturated heterocycles. The molecular weight excluding hydrogens is 280 g/mol. The molecule has 86 valence electrons. The van der Waals surface area contributed by atoms with E-state index in [9.17, 15) is 14.9 Å². The summed E-state index contributed by atoms with van der Waals surface area (Å²) in [6.07, 6.45) is 0.0512. The average Bonchev–Trinajstić information content (AvgIpc) is 2.16. The highest BCUT2D eigenvalue weighted by Gasteiger charge is 2.15. The topological polar surface area (TPSA) is 106 Å². The zero-order valence-electron chi connectivity index (χ0n) is 8.09. The molecule has 1 rings (SSSR count). The molecule has 3 N–H and O–H groups in total. The SMILES string of the molecule is NC(Cc1cc(Br)cc([N+](=O)[O-])c1)C(=O)O. The summed E-state index contributed by atoms with van der Waals surface area (Å²) in [6, 6.07) is 3.20. The standard InChI is InChI=1S/C9H9BrN2O4/c10-6-1-5(3-8(11)9(13)14)2-7(4-6)12(15)16/h1-2,4,8H,3,11H2,(H,13,14). The smallest absolute Gasteiger partial charge is 0.320 e. The Kier molecular flexibility index (Phi) is 3.97. The van der Waals surface area contributed by atoms with Gasteiger partial charge in [0.15, 0.2) is 0 Å². The molecule has 1 aromatic rings. The van der Waals surface area contributed by atoms with Crippen LogP contribution in [0.3, 0.4) is 0 Å². The Morgan fingerprint density at radius 3 is 2.69 bits per heavy atom. The van der Waals surface area contributed by atoms with Crippen molar-refractivity contribution in [2.24, 2.45) is 5.73 Å². The van der Waals surface area contributed by atoms with Gasteiger partial charge in [-0.1, -0.05) is 15.9 Å². The summed E-state index contributed by atoms with van der Waals surface area (Å²) < 4.78 is 0.522. The number of carbonyl (C=O) groups is 1. The molecule has 0 amide bonds. The number of nitro groups is 1. The zero-order valence-corrected chi connectivity index (χ0v) is 9.68. The molecule has 1 atom stereocenters. The van der Waals surface area contributed by atoms with Crippen LogP contribution in [-0.4, -0.2) is 22.0 Å². The number of nitrogens with zero attached hydrogens (tertiary/aromatic N) is 1. The van der Waals surface area contributed by atoms with E-state index in [0.29, 0.717) is 10.0 Å². The van der Waals surface area contributed by atoms with Gasteiger partial charge in [-0.25, -0.2) is 0 Å². The lowest BCUT2D eigenvalue weighted by Crippen LogP contribution is -2.32. The quantitative estimate of drug-likeness (QED) is 0.642. The first kappa shape index (κ1) is 12.6. The van der Waals surface area contributed by atoms with E-state index in [0.717, 1.165) is 0 Å². The number of non-ortho nitro benzene ring substituents is 1. The first-order chi connectivity index (χ1) is 7.40. The average molecular weight is 289 g/mol. The Labute approximate surface area is 99.3 Å². The zero-order chi connectivity index (χ0) is 12.3. The second-order valence-electron chi connectivity index (χ2n) is 3.22. The molecule has 0 bridgehead atoms. The summed E-state index contributed by atoms with van der Waals surface area (Å²) in [4.78, 5) is 20.6. The number of rotatable bonds is 4. The summed E-state index contributed by atoms with van der Waals surface area (Å²) in [5.74, 6) is -1.14. The van der Waals surface area contributed by atoms with Crippen molar-refractivity contribution in [3.63, 3.8) is 0 Å². The maximum atomic E-state index is 10.6. The molecule has 0 aliphatic heterocycles. The van der Waals surface area contributed by atoms with Crippen LogP contribution in [0.1, 0.15) is 5.56 Å². The van der Waals surface area contributed by atoms with Gasteiger partial charge in [-0.3, -0.25) is 14.9 Å². The molecule has 0 aromatic heterocycles. The van der Waals surface area contributed by atoms with Gasteiger partial charge in [0.05, 0.1) is 4.92 Å². The van der Waals surface area contributed by atoms with Gasteiger partial charge in [0.1, 0.15) is 6.04 Å². The van der Waals surface area contributed by atoms with E-state index in [1.165, 1.54) is 12.1 Å². The van der Waals surface area contributed by atoms with Gasteiger partial charge in [0, 0.05) is 16.6 Å². The van der Waals surface area contributed by atoms with Gasteiger partial charge in [-0.15, -0.1) is 0 Å². The fraction of sp³-hybridized carbons (Fsp3) is 0.222. The fourth-order valence-corrected chi connectivity index (χ4v) is 1.73. The van der Waals surface area contributed by atoms with E-state index < -0.39 is 16.9 Å². The summed E-state index contributed by atoms with van der Waals surface area (Å²) in [7, 11) is 0. The van der Waals surface area contributed by atoms with Crippen LogP contribution in [0.4, 0.5) is 5.69 Å².